The summed E-state index contributed by atoms with van der Waals surface area (Å²) in [6.07, 6.45) is 1.38. The van der Waals surface area contributed by atoms with Crippen molar-refractivity contribution >= 4 is 6.08 Å². The molecule has 0 saturated carbocycles. The molecule has 3 nitrogen and oxygen atoms in total. The van der Waals surface area contributed by atoms with Gasteiger partial charge in [-0.1, -0.05) is 6.92 Å². The van der Waals surface area contributed by atoms with Gasteiger partial charge in [0.15, 0.2) is 0 Å². The molecule has 1 N–H and O–H groups in total. The van der Waals surface area contributed by atoms with Crippen LogP contribution >= 0.6 is 0 Å². The molecule has 0 aromatic rings. The van der Waals surface area contributed by atoms with Gasteiger partial charge in [-0.2, -0.15) is 5.26 Å². The predicted molar refractivity (Wildman–Crippen MR) is 24.3 cm³/mol. The van der Waals surface area contributed by atoms with Crippen LogP contribution in [0.1, 0.15) is 13.3 Å². The van der Waals surface area contributed by atoms with Crippen LogP contribution in [0.5, 0.6) is 0 Å². The summed E-state index contributed by atoms with van der Waals surface area (Å²) in [6, 6.07) is 1.93. The minimum atomic E-state index is 0.625. The van der Waals surface area contributed by atoms with Crippen LogP contribution in [0.25, 0.3) is 0 Å². The lowest BCUT2D eigenvalue weighted by molar-refractivity contribution is 0.563. The number of nitriles is 1. The Hall–Kier alpha value is -1.13. The van der Waals surface area contributed by atoms with E-state index in [1.807, 2.05) is 13.0 Å². The molecular formula is C4H6N2O. The van der Waals surface area contributed by atoms with Crippen molar-refractivity contribution < 1.29 is 4.79 Å². The fraction of sp³-hybridized carbons (Fsp3) is 0.500. The van der Waals surface area contributed by atoms with Gasteiger partial charge in [0.05, 0.1) is 6.07 Å². The molecule has 0 radical (unpaired) electrons. The first-order valence-electron chi connectivity index (χ1n) is 1.74. The van der Waals surface area contributed by atoms with E-state index in [2.05, 4.69) is 0 Å². The second-order valence-electron chi connectivity index (χ2n) is 0.614. The Morgan fingerprint density at radius 2 is 2.00 bits per heavy atom. The van der Waals surface area contributed by atoms with Crippen molar-refractivity contribution in [3.05, 3.63) is 0 Å². The fourth-order valence-electron chi connectivity index (χ4n) is 0. The third kappa shape index (κ3) is 2370. The first kappa shape index (κ1) is 9.30. The zero-order valence-electron chi connectivity index (χ0n) is 4.06. The van der Waals surface area contributed by atoms with Crippen LogP contribution in [-0.4, -0.2) is 6.08 Å². The second-order valence-corrected chi connectivity index (χ2v) is 0.614. The van der Waals surface area contributed by atoms with E-state index in [1.54, 1.807) is 0 Å². The van der Waals surface area contributed by atoms with Gasteiger partial charge in [0.1, 0.15) is 0 Å². The van der Waals surface area contributed by atoms with Crippen LogP contribution in [0.15, 0.2) is 0 Å². The van der Waals surface area contributed by atoms with Crippen LogP contribution in [0.3, 0.4) is 0 Å². The molecule has 0 spiro atoms. The quantitative estimate of drug-likeness (QED) is 0.360. The molecule has 0 saturated heterocycles. The van der Waals surface area contributed by atoms with Gasteiger partial charge in [-0.05, 0) is 0 Å². The minimum Gasteiger partial charge on any atom is -0.222 e. The average molecular weight is 98.1 g/mol. The van der Waals surface area contributed by atoms with E-state index in [4.69, 9.17) is 15.5 Å². The van der Waals surface area contributed by atoms with E-state index >= 15 is 0 Å². The summed E-state index contributed by atoms with van der Waals surface area (Å²) >= 11 is 0. The lowest BCUT2D eigenvalue weighted by Crippen LogP contribution is -1.38. The summed E-state index contributed by atoms with van der Waals surface area (Å²) < 4.78 is 0. The van der Waals surface area contributed by atoms with Gasteiger partial charge >= 0.3 is 0 Å². The number of nitrogens with zero attached hydrogens (tertiary/aromatic N) is 1. The maximum atomic E-state index is 8.35. The molecule has 0 heterocycles. The van der Waals surface area contributed by atoms with Gasteiger partial charge < -0.3 is 0 Å². The van der Waals surface area contributed by atoms with Crippen LogP contribution < -0.4 is 0 Å². The van der Waals surface area contributed by atoms with E-state index < -0.39 is 0 Å². The van der Waals surface area contributed by atoms with Gasteiger partial charge in [-0.15, -0.1) is 0 Å². The Morgan fingerprint density at radius 3 is 2.00 bits per heavy atom. The molecule has 0 aliphatic heterocycles. The SMILES string of the molecule is CCC#N.N=C=O. The second kappa shape index (κ2) is 20.9. The highest BCUT2D eigenvalue weighted by Gasteiger charge is 1.49. The lowest BCUT2D eigenvalue weighted by atomic mass is 10.6. The molecule has 38 valence electrons. The van der Waals surface area contributed by atoms with Crippen molar-refractivity contribution in [2.45, 2.75) is 13.3 Å². The van der Waals surface area contributed by atoms with E-state index in [-0.39, 0.29) is 0 Å². The van der Waals surface area contributed by atoms with Crippen LogP contribution in [0.2, 0.25) is 0 Å². The molecule has 3 heteroatoms. The molecule has 0 amide bonds. The molecule has 0 aliphatic rings. The third-order valence-electron chi connectivity index (χ3n) is 0.158. The van der Waals surface area contributed by atoms with Gasteiger partial charge in [-0.25, -0.2) is 10.2 Å². The van der Waals surface area contributed by atoms with Crippen LogP contribution in [0, 0.1) is 16.7 Å². The van der Waals surface area contributed by atoms with Gasteiger partial charge in [0.2, 0.25) is 6.08 Å². The molecule has 0 fully saturated rings. The van der Waals surface area contributed by atoms with Gasteiger partial charge in [-0.3, -0.25) is 0 Å². The van der Waals surface area contributed by atoms with Crippen LogP contribution in [-0.2, 0) is 4.79 Å². The normalized spacial score (nSPS) is 4.00. The zero-order valence-corrected chi connectivity index (χ0v) is 4.06. The van der Waals surface area contributed by atoms with Crippen molar-refractivity contribution in [3.63, 3.8) is 0 Å². The Kier molecular flexibility index (Phi) is 27.7. The number of nitrogens with one attached hydrogen (secondary N) is 1. The van der Waals surface area contributed by atoms with Gasteiger partial charge in [0, 0.05) is 6.42 Å². The Bertz CT molecular complexity index is 86.4. The largest absolute Gasteiger partial charge is 0.231 e. The lowest BCUT2D eigenvalue weighted by Gasteiger charge is -1.47. The summed E-state index contributed by atoms with van der Waals surface area (Å²) in [5.41, 5.74) is 0. The predicted octanol–water partition coefficient (Wildman–Crippen LogP) is 0.821. The molecule has 7 heavy (non-hydrogen) atoms. The first-order valence-corrected chi connectivity index (χ1v) is 1.74. The minimum absolute atomic E-state index is 0.625. The fourth-order valence-corrected chi connectivity index (χ4v) is 0. The van der Waals surface area contributed by atoms with E-state index in [9.17, 15) is 0 Å². The summed E-state index contributed by atoms with van der Waals surface area (Å²) in [5, 5.41) is 13.0. The van der Waals surface area contributed by atoms with E-state index in [0.29, 0.717) is 6.42 Å². The average Bonchev–Trinajstić information content (AvgIpc) is 1.69. The summed E-state index contributed by atoms with van der Waals surface area (Å²) in [7, 11) is 0. The summed E-state index contributed by atoms with van der Waals surface area (Å²) in [6.45, 7) is 1.82. The van der Waals surface area contributed by atoms with Crippen molar-refractivity contribution in [3.8, 4) is 6.07 Å². The summed E-state index contributed by atoms with van der Waals surface area (Å²) in [4.78, 5) is 8.35. The van der Waals surface area contributed by atoms with Crippen molar-refractivity contribution in [2.24, 2.45) is 0 Å². The Morgan fingerprint density at radius 1 is 1.86 bits per heavy atom. The maximum absolute atomic E-state index is 8.35. The Balaban J connectivity index is 0. The number of rotatable bonds is 0. The third-order valence-corrected chi connectivity index (χ3v) is 0.158. The first-order chi connectivity index (χ1) is 3.33. The standard InChI is InChI=1S/C3H5N.CHNO/c1-2-3-4;2-1-3/h2H2,1H3;2H. The molecule has 0 aromatic heterocycles. The number of carbonyl (C=O) groups excluding carboxylic acids is 1. The van der Waals surface area contributed by atoms with E-state index in [1.165, 1.54) is 0 Å². The highest BCUT2D eigenvalue weighted by atomic mass is 16.1. The van der Waals surface area contributed by atoms with E-state index in [0.717, 1.165) is 6.08 Å². The van der Waals surface area contributed by atoms with Crippen molar-refractivity contribution in [1.29, 1.82) is 10.7 Å². The highest BCUT2D eigenvalue weighted by Crippen LogP contribution is 1.58. The smallest absolute Gasteiger partial charge is 0.222 e. The number of hydrogen-bond acceptors (Lipinski definition) is 3. The number of isocyanates is 1. The molecule has 0 atom stereocenters. The molecule has 0 aromatic carbocycles. The topological polar surface area (TPSA) is 64.7 Å². The van der Waals surface area contributed by atoms with Crippen LogP contribution in [0.4, 0.5) is 0 Å². The molecule has 0 unspecified atom stereocenters. The highest BCUT2D eigenvalue weighted by molar-refractivity contribution is 5.26. The molecule has 0 bridgehead atoms. The number of hydrogen-bond donors (Lipinski definition) is 1. The molecule has 0 rings (SSSR count). The zero-order chi connectivity index (χ0) is 6.12. The molecule has 0 aliphatic carbocycles. The molecular weight excluding hydrogens is 92.1 g/mol. The van der Waals surface area contributed by atoms with Gasteiger partial charge in [0.25, 0.3) is 0 Å². The maximum Gasteiger partial charge on any atom is 0.231 e. The monoisotopic (exact) mass is 98.0 g/mol. The van der Waals surface area contributed by atoms with Crippen molar-refractivity contribution in [2.75, 3.05) is 0 Å². The Labute approximate surface area is 42.1 Å². The summed E-state index contributed by atoms with van der Waals surface area (Å²) in [5.74, 6) is 0. The van der Waals surface area contributed by atoms with Crippen molar-refractivity contribution in [1.82, 2.24) is 0 Å².